The Bertz CT molecular complexity index is 580. The molecule has 1 heterocycles. The zero-order chi connectivity index (χ0) is 14.4. The number of hydrogen-bond acceptors (Lipinski definition) is 6. The Kier molecular flexibility index (Phi) is 5.11. The first-order valence-corrected chi connectivity index (χ1v) is 6.95. The molecule has 0 fully saturated rings. The standard InChI is InChI=1S/C13H15BrN4O2/c1-3-19-12-16-11(15-2)17-13(18-12)20-8-9-6-4-5-7-10(9)14/h4-7H,3,8H2,1-2H3,(H,15,16,17,18). The molecule has 7 heteroatoms. The van der Waals surface area contributed by atoms with Crippen LogP contribution in [0.15, 0.2) is 28.7 Å². The quantitative estimate of drug-likeness (QED) is 0.873. The highest BCUT2D eigenvalue weighted by Crippen LogP contribution is 2.18. The summed E-state index contributed by atoms with van der Waals surface area (Å²) in [5.74, 6) is 0.408. The van der Waals surface area contributed by atoms with E-state index in [2.05, 4.69) is 36.2 Å². The second kappa shape index (κ2) is 7.04. The molecular weight excluding hydrogens is 324 g/mol. The second-order valence-electron chi connectivity index (χ2n) is 3.79. The third-order valence-electron chi connectivity index (χ3n) is 2.41. The molecular formula is C13H15BrN4O2. The van der Waals surface area contributed by atoms with Crippen molar-refractivity contribution in [1.29, 1.82) is 0 Å². The molecule has 0 amide bonds. The smallest absolute Gasteiger partial charge is 0.324 e. The van der Waals surface area contributed by atoms with Crippen molar-refractivity contribution in [3.8, 4) is 12.0 Å². The van der Waals surface area contributed by atoms with Crippen LogP contribution in [0.25, 0.3) is 0 Å². The summed E-state index contributed by atoms with van der Waals surface area (Å²) < 4.78 is 11.8. The van der Waals surface area contributed by atoms with Crippen molar-refractivity contribution in [2.75, 3.05) is 19.0 Å². The van der Waals surface area contributed by atoms with Gasteiger partial charge in [0.15, 0.2) is 0 Å². The monoisotopic (exact) mass is 338 g/mol. The van der Waals surface area contributed by atoms with Crippen molar-refractivity contribution in [3.05, 3.63) is 34.3 Å². The van der Waals surface area contributed by atoms with Crippen LogP contribution in [0, 0.1) is 0 Å². The van der Waals surface area contributed by atoms with Gasteiger partial charge in [0.2, 0.25) is 5.95 Å². The SMILES string of the molecule is CCOc1nc(NC)nc(OCc2ccccc2Br)n1. The topological polar surface area (TPSA) is 69.2 Å². The number of halogens is 1. The molecule has 0 unspecified atom stereocenters. The summed E-state index contributed by atoms with van der Waals surface area (Å²) in [6.07, 6.45) is 0. The van der Waals surface area contributed by atoms with Gasteiger partial charge in [0.05, 0.1) is 6.61 Å². The average molecular weight is 339 g/mol. The highest BCUT2D eigenvalue weighted by atomic mass is 79.9. The summed E-state index contributed by atoms with van der Waals surface area (Å²) in [5.41, 5.74) is 1.01. The molecule has 0 radical (unpaired) electrons. The van der Waals surface area contributed by atoms with Crippen LogP contribution < -0.4 is 14.8 Å². The van der Waals surface area contributed by atoms with Gasteiger partial charge in [-0.05, 0) is 13.0 Å². The second-order valence-corrected chi connectivity index (χ2v) is 4.64. The fourth-order valence-corrected chi connectivity index (χ4v) is 1.87. The Morgan fingerprint density at radius 3 is 2.45 bits per heavy atom. The molecule has 1 aromatic carbocycles. The van der Waals surface area contributed by atoms with Crippen molar-refractivity contribution >= 4 is 21.9 Å². The Morgan fingerprint density at radius 2 is 1.80 bits per heavy atom. The largest absolute Gasteiger partial charge is 0.464 e. The van der Waals surface area contributed by atoms with E-state index in [0.29, 0.717) is 19.2 Å². The predicted molar refractivity (Wildman–Crippen MR) is 79.0 cm³/mol. The molecule has 2 aromatic rings. The molecule has 0 aliphatic carbocycles. The van der Waals surface area contributed by atoms with Crippen LogP contribution >= 0.6 is 15.9 Å². The normalized spacial score (nSPS) is 10.2. The molecule has 0 spiro atoms. The van der Waals surface area contributed by atoms with E-state index < -0.39 is 0 Å². The van der Waals surface area contributed by atoms with E-state index >= 15 is 0 Å². The first-order chi connectivity index (χ1) is 9.72. The van der Waals surface area contributed by atoms with Crippen molar-refractivity contribution in [2.24, 2.45) is 0 Å². The lowest BCUT2D eigenvalue weighted by Crippen LogP contribution is -2.07. The van der Waals surface area contributed by atoms with Gasteiger partial charge in [0.25, 0.3) is 0 Å². The minimum atomic E-state index is 0.226. The van der Waals surface area contributed by atoms with Crippen LogP contribution in [0.2, 0.25) is 0 Å². The van der Waals surface area contributed by atoms with Gasteiger partial charge in [-0.15, -0.1) is 4.98 Å². The molecule has 0 aliphatic heterocycles. The van der Waals surface area contributed by atoms with Gasteiger partial charge in [-0.3, -0.25) is 0 Å². The number of hydrogen-bond donors (Lipinski definition) is 1. The predicted octanol–water partition coefficient (Wildman–Crippen LogP) is 2.65. The Morgan fingerprint density at radius 1 is 1.10 bits per heavy atom. The molecule has 106 valence electrons. The van der Waals surface area contributed by atoms with Gasteiger partial charge in [0.1, 0.15) is 6.61 Å². The van der Waals surface area contributed by atoms with Gasteiger partial charge in [-0.25, -0.2) is 0 Å². The van der Waals surface area contributed by atoms with E-state index in [1.54, 1.807) is 7.05 Å². The minimum Gasteiger partial charge on any atom is -0.464 e. The van der Waals surface area contributed by atoms with Crippen molar-refractivity contribution < 1.29 is 9.47 Å². The number of nitrogens with one attached hydrogen (secondary N) is 1. The van der Waals surface area contributed by atoms with Gasteiger partial charge < -0.3 is 14.8 Å². The van der Waals surface area contributed by atoms with Crippen LogP contribution in [0.4, 0.5) is 5.95 Å². The number of ether oxygens (including phenoxy) is 2. The van der Waals surface area contributed by atoms with Crippen LogP contribution in [0.1, 0.15) is 12.5 Å². The van der Waals surface area contributed by atoms with Crippen LogP contribution in [0.3, 0.4) is 0 Å². The molecule has 1 aromatic heterocycles. The van der Waals surface area contributed by atoms with E-state index in [-0.39, 0.29) is 12.0 Å². The highest BCUT2D eigenvalue weighted by molar-refractivity contribution is 9.10. The van der Waals surface area contributed by atoms with Crippen LogP contribution in [-0.4, -0.2) is 28.6 Å². The highest BCUT2D eigenvalue weighted by Gasteiger charge is 2.08. The summed E-state index contributed by atoms with van der Waals surface area (Å²) in [6.45, 7) is 2.71. The summed E-state index contributed by atoms with van der Waals surface area (Å²) in [6, 6.07) is 8.28. The van der Waals surface area contributed by atoms with Gasteiger partial charge in [0, 0.05) is 17.1 Å². The van der Waals surface area contributed by atoms with Crippen molar-refractivity contribution in [1.82, 2.24) is 15.0 Å². The van der Waals surface area contributed by atoms with Crippen LogP contribution in [0.5, 0.6) is 12.0 Å². The number of anilines is 1. The molecule has 1 N–H and O–H groups in total. The van der Waals surface area contributed by atoms with Crippen molar-refractivity contribution in [2.45, 2.75) is 13.5 Å². The molecule has 0 saturated carbocycles. The number of aromatic nitrogens is 3. The summed E-state index contributed by atoms with van der Waals surface area (Å²) in [5, 5.41) is 2.84. The third kappa shape index (κ3) is 3.80. The number of nitrogens with zero attached hydrogens (tertiary/aromatic N) is 3. The molecule has 0 saturated heterocycles. The molecule has 0 aliphatic rings. The number of rotatable bonds is 6. The fraction of sp³-hybridized carbons (Fsp3) is 0.308. The molecule has 0 atom stereocenters. The Labute approximate surface area is 125 Å². The maximum Gasteiger partial charge on any atom is 0.324 e. The van der Waals surface area contributed by atoms with Crippen molar-refractivity contribution in [3.63, 3.8) is 0 Å². The van der Waals surface area contributed by atoms with E-state index in [9.17, 15) is 0 Å². The van der Waals surface area contributed by atoms with E-state index in [1.165, 1.54) is 0 Å². The maximum atomic E-state index is 5.59. The zero-order valence-electron chi connectivity index (χ0n) is 11.3. The fourth-order valence-electron chi connectivity index (χ4n) is 1.47. The Balaban J connectivity index is 2.12. The summed E-state index contributed by atoms with van der Waals surface area (Å²) >= 11 is 3.47. The Hall–Kier alpha value is -1.89. The van der Waals surface area contributed by atoms with Gasteiger partial charge >= 0.3 is 12.0 Å². The summed E-state index contributed by atoms with van der Waals surface area (Å²) in [4.78, 5) is 12.3. The first kappa shape index (κ1) is 14.5. The lowest BCUT2D eigenvalue weighted by atomic mass is 10.2. The molecule has 6 nitrogen and oxygen atoms in total. The van der Waals surface area contributed by atoms with E-state index in [4.69, 9.17) is 9.47 Å². The maximum absolute atomic E-state index is 5.59. The third-order valence-corrected chi connectivity index (χ3v) is 3.18. The first-order valence-electron chi connectivity index (χ1n) is 6.15. The molecule has 2 rings (SSSR count). The lowest BCUT2D eigenvalue weighted by molar-refractivity contribution is 0.261. The average Bonchev–Trinajstić information content (AvgIpc) is 2.46. The zero-order valence-corrected chi connectivity index (χ0v) is 12.8. The molecule has 20 heavy (non-hydrogen) atoms. The van der Waals surface area contributed by atoms with E-state index in [0.717, 1.165) is 10.0 Å². The number of benzene rings is 1. The van der Waals surface area contributed by atoms with Gasteiger partial charge in [-0.1, -0.05) is 34.1 Å². The summed E-state index contributed by atoms with van der Waals surface area (Å²) in [7, 11) is 1.72. The molecule has 0 bridgehead atoms. The van der Waals surface area contributed by atoms with Gasteiger partial charge in [-0.2, -0.15) is 9.97 Å². The minimum absolute atomic E-state index is 0.226. The lowest BCUT2D eigenvalue weighted by Gasteiger charge is -2.09. The van der Waals surface area contributed by atoms with E-state index in [1.807, 2.05) is 31.2 Å². The van der Waals surface area contributed by atoms with Crippen LogP contribution in [-0.2, 0) is 6.61 Å².